The average Bonchev–Trinajstić information content (AvgIpc) is 2.68. The molecular formula is C18H16Cl2F2N2O5S. The molecule has 30 heavy (non-hydrogen) atoms. The quantitative estimate of drug-likeness (QED) is 0.562. The Balaban J connectivity index is 2.38. The van der Waals surface area contributed by atoms with Gasteiger partial charge in [0.2, 0.25) is 0 Å². The number of methoxy groups -OCH3 is 1. The number of hydrogen-bond donors (Lipinski definition) is 0. The van der Waals surface area contributed by atoms with Crippen LogP contribution in [0.1, 0.15) is 21.6 Å². The van der Waals surface area contributed by atoms with Gasteiger partial charge in [0.15, 0.2) is 15.5 Å². The lowest BCUT2D eigenvalue weighted by molar-refractivity contribution is -0.128. The van der Waals surface area contributed by atoms with E-state index in [4.69, 9.17) is 23.2 Å². The zero-order valence-corrected chi connectivity index (χ0v) is 18.1. The van der Waals surface area contributed by atoms with Crippen LogP contribution in [0.3, 0.4) is 0 Å². The average molecular weight is 481 g/mol. The van der Waals surface area contributed by atoms with Crippen LogP contribution in [0.4, 0.5) is 14.5 Å². The molecule has 0 unspecified atom stereocenters. The van der Waals surface area contributed by atoms with Crippen LogP contribution in [-0.4, -0.2) is 45.9 Å². The molecule has 7 nitrogen and oxygen atoms in total. The van der Waals surface area contributed by atoms with Crippen LogP contribution in [-0.2, 0) is 30.9 Å². The van der Waals surface area contributed by atoms with Gasteiger partial charge < -0.3 is 9.64 Å². The molecule has 1 aromatic heterocycles. The number of aromatic nitrogens is 1. The van der Waals surface area contributed by atoms with E-state index in [2.05, 4.69) is 9.72 Å². The van der Waals surface area contributed by atoms with E-state index in [-0.39, 0.29) is 32.6 Å². The predicted octanol–water partition coefficient (Wildman–Crippen LogP) is 3.52. The highest BCUT2D eigenvalue weighted by Crippen LogP contribution is 2.37. The Hall–Kier alpha value is -2.30. The van der Waals surface area contributed by atoms with Gasteiger partial charge in [-0.2, -0.15) is 8.78 Å². The molecule has 2 rings (SSSR count). The minimum absolute atomic E-state index is 0.0495. The number of rotatable bonds is 7. The predicted molar refractivity (Wildman–Crippen MR) is 108 cm³/mol. The Morgan fingerprint density at radius 2 is 1.80 bits per heavy atom. The number of carbonyl (C=O) groups excluding carboxylic acids is 2. The Kier molecular flexibility index (Phi) is 7.73. The first-order valence-corrected chi connectivity index (χ1v) is 10.8. The summed E-state index contributed by atoms with van der Waals surface area (Å²) in [5.74, 6) is -3.48. The molecule has 2 aromatic rings. The Labute approximate surface area is 181 Å². The lowest BCUT2D eigenvalue weighted by atomic mass is 10.2. The number of nitrogens with zero attached hydrogens (tertiary/aromatic N) is 2. The van der Waals surface area contributed by atoms with Crippen LogP contribution in [0, 0.1) is 0 Å². The van der Waals surface area contributed by atoms with Crippen LogP contribution < -0.4 is 4.90 Å². The molecule has 1 amide bonds. The van der Waals surface area contributed by atoms with E-state index in [0.29, 0.717) is 4.90 Å². The van der Waals surface area contributed by atoms with Gasteiger partial charge in [-0.15, -0.1) is 0 Å². The molecule has 162 valence electrons. The van der Waals surface area contributed by atoms with Crippen LogP contribution in [0.2, 0.25) is 10.0 Å². The van der Waals surface area contributed by atoms with Crippen molar-refractivity contribution in [1.82, 2.24) is 4.98 Å². The first-order chi connectivity index (χ1) is 14.0. The van der Waals surface area contributed by atoms with Crippen molar-refractivity contribution in [2.24, 2.45) is 0 Å². The summed E-state index contributed by atoms with van der Waals surface area (Å²) in [5.41, 5.74) is -0.199. The number of benzene rings is 1. The second-order valence-electron chi connectivity index (χ2n) is 6.10. The standard InChI is InChI=1S/C18H16Cl2F2N2O5S/c1-24(17(25)16(21)22)15-12(19)6-5-10(13(15)20)8-30(27,28)9-11-4-3-7-23-14(11)18(26)29-2/h3-7,16H,8-9H2,1-2H3. The summed E-state index contributed by atoms with van der Waals surface area (Å²) < 4.78 is 55.6. The van der Waals surface area contributed by atoms with Crippen LogP contribution in [0.5, 0.6) is 0 Å². The highest BCUT2D eigenvalue weighted by atomic mass is 35.5. The van der Waals surface area contributed by atoms with Crippen molar-refractivity contribution >= 4 is 50.6 Å². The Bertz CT molecular complexity index is 1080. The molecule has 0 radical (unpaired) electrons. The maximum atomic E-state index is 12.8. The molecule has 0 fully saturated rings. The number of alkyl halides is 2. The van der Waals surface area contributed by atoms with Crippen molar-refractivity contribution in [2.75, 3.05) is 19.1 Å². The monoisotopic (exact) mass is 480 g/mol. The van der Waals surface area contributed by atoms with Gasteiger partial charge in [-0.05, 0) is 17.7 Å². The van der Waals surface area contributed by atoms with E-state index >= 15 is 0 Å². The van der Waals surface area contributed by atoms with Crippen molar-refractivity contribution in [3.05, 3.63) is 57.3 Å². The van der Waals surface area contributed by atoms with Gasteiger partial charge in [0, 0.05) is 18.8 Å². The van der Waals surface area contributed by atoms with Crippen molar-refractivity contribution in [2.45, 2.75) is 17.9 Å². The second-order valence-corrected chi connectivity index (χ2v) is 8.95. The third-order valence-electron chi connectivity index (χ3n) is 4.02. The topological polar surface area (TPSA) is 93.6 Å². The van der Waals surface area contributed by atoms with E-state index in [1.165, 1.54) is 30.5 Å². The molecule has 0 spiro atoms. The maximum absolute atomic E-state index is 12.8. The van der Waals surface area contributed by atoms with Gasteiger partial charge >= 0.3 is 12.4 Å². The fraction of sp³-hybridized carbons (Fsp3) is 0.278. The summed E-state index contributed by atoms with van der Waals surface area (Å²) in [5, 5.41) is -0.347. The SMILES string of the molecule is COC(=O)c1ncccc1CS(=O)(=O)Cc1ccc(Cl)c(N(C)C(=O)C(F)F)c1Cl. The minimum Gasteiger partial charge on any atom is -0.464 e. The van der Waals surface area contributed by atoms with E-state index in [1.807, 2.05) is 0 Å². The van der Waals surface area contributed by atoms with Gasteiger partial charge in [0.05, 0.1) is 34.3 Å². The van der Waals surface area contributed by atoms with E-state index in [1.54, 1.807) is 0 Å². The zero-order valence-electron chi connectivity index (χ0n) is 15.7. The third-order valence-corrected chi connectivity index (χ3v) is 6.25. The molecule has 0 aliphatic rings. The molecule has 0 atom stereocenters. The molecule has 0 aliphatic carbocycles. The first kappa shape index (κ1) is 24.0. The third kappa shape index (κ3) is 5.44. The molecule has 1 heterocycles. The summed E-state index contributed by atoms with van der Waals surface area (Å²) in [6, 6.07) is 5.46. The molecule has 12 heteroatoms. The number of amides is 1. The van der Waals surface area contributed by atoms with Crippen molar-refractivity contribution in [3.63, 3.8) is 0 Å². The summed E-state index contributed by atoms with van der Waals surface area (Å²) in [4.78, 5) is 27.8. The van der Waals surface area contributed by atoms with Gasteiger partial charge in [-0.1, -0.05) is 35.3 Å². The summed E-state index contributed by atoms with van der Waals surface area (Å²) in [6.07, 6.45) is -1.97. The number of anilines is 1. The van der Waals surface area contributed by atoms with Crippen molar-refractivity contribution in [1.29, 1.82) is 0 Å². The number of pyridine rings is 1. The molecule has 0 saturated heterocycles. The van der Waals surface area contributed by atoms with E-state index < -0.39 is 39.6 Å². The largest absolute Gasteiger partial charge is 0.464 e. The first-order valence-electron chi connectivity index (χ1n) is 8.23. The molecule has 0 N–H and O–H groups in total. The van der Waals surface area contributed by atoms with Gasteiger partial charge in [-0.3, -0.25) is 4.79 Å². The van der Waals surface area contributed by atoms with Gasteiger partial charge in [0.1, 0.15) is 0 Å². The lowest BCUT2D eigenvalue weighted by Gasteiger charge is -2.21. The number of hydrogen-bond acceptors (Lipinski definition) is 6. The normalized spacial score (nSPS) is 11.4. The number of esters is 1. The highest BCUT2D eigenvalue weighted by molar-refractivity contribution is 7.89. The fourth-order valence-electron chi connectivity index (χ4n) is 2.62. The smallest absolute Gasteiger partial charge is 0.356 e. The van der Waals surface area contributed by atoms with Crippen LogP contribution in [0.15, 0.2) is 30.5 Å². The molecule has 0 aliphatic heterocycles. The van der Waals surface area contributed by atoms with E-state index in [0.717, 1.165) is 14.2 Å². The number of sulfone groups is 1. The Morgan fingerprint density at radius 1 is 1.17 bits per heavy atom. The number of ether oxygens (including phenoxy) is 1. The van der Waals surface area contributed by atoms with E-state index in [9.17, 15) is 26.8 Å². The molecular weight excluding hydrogens is 465 g/mol. The summed E-state index contributed by atoms with van der Waals surface area (Å²) >= 11 is 12.2. The molecule has 0 saturated carbocycles. The second kappa shape index (κ2) is 9.67. The maximum Gasteiger partial charge on any atom is 0.356 e. The molecule has 0 bridgehead atoms. The number of carbonyl (C=O) groups is 2. The summed E-state index contributed by atoms with van der Waals surface area (Å²) in [6.45, 7) is 0. The zero-order chi connectivity index (χ0) is 22.6. The fourth-order valence-corrected chi connectivity index (χ4v) is 4.91. The van der Waals surface area contributed by atoms with Gasteiger partial charge in [0.25, 0.3) is 5.91 Å². The van der Waals surface area contributed by atoms with Crippen molar-refractivity contribution in [3.8, 4) is 0 Å². The lowest BCUT2D eigenvalue weighted by Crippen LogP contribution is -2.32. The van der Waals surface area contributed by atoms with Crippen LogP contribution >= 0.6 is 23.2 Å². The minimum atomic E-state index is -3.89. The van der Waals surface area contributed by atoms with Crippen LogP contribution in [0.25, 0.3) is 0 Å². The summed E-state index contributed by atoms with van der Waals surface area (Å²) in [7, 11) is -1.70. The Morgan fingerprint density at radius 3 is 2.40 bits per heavy atom. The molecule has 1 aromatic carbocycles. The van der Waals surface area contributed by atoms with Crippen molar-refractivity contribution < 1.29 is 31.5 Å². The highest BCUT2D eigenvalue weighted by Gasteiger charge is 2.27. The van der Waals surface area contributed by atoms with Gasteiger partial charge in [-0.25, -0.2) is 18.2 Å². The number of halogens is 4.